The Morgan fingerprint density at radius 2 is 1.84 bits per heavy atom. The lowest BCUT2D eigenvalue weighted by molar-refractivity contribution is -0.0209. The van der Waals surface area contributed by atoms with Crippen LogP contribution in [0, 0.1) is 17.3 Å². The zero-order valence-corrected chi connectivity index (χ0v) is 13.5. The summed E-state index contributed by atoms with van der Waals surface area (Å²) in [5, 5.41) is 0. The zero-order valence-electron chi connectivity index (χ0n) is 13.5. The first-order valence-electron chi connectivity index (χ1n) is 8.35. The molecule has 1 aliphatic carbocycles. The fourth-order valence-corrected chi connectivity index (χ4v) is 4.53. The minimum Gasteiger partial charge on any atom is -0.329 e. The molecule has 112 valence electrons. The molecular weight excluding hydrogens is 232 g/mol. The highest BCUT2D eigenvalue weighted by molar-refractivity contribution is 5.02. The summed E-state index contributed by atoms with van der Waals surface area (Å²) in [5.74, 6) is 1.63. The molecule has 1 heterocycles. The number of hydrogen-bond donors (Lipinski definition) is 1. The molecule has 2 aliphatic rings. The maximum atomic E-state index is 6.29. The number of rotatable bonds is 2. The monoisotopic (exact) mass is 266 g/mol. The molecule has 0 bridgehead atoms. The van der Waals surface area contributed by atoms with Crippen LogP contribution in [0.2, 0.25) is 0 Å². The van der Waals surface area contributed by atoms with Gasteiger partial charge < -0.3 is 5.73 Å². The van der Waals surface area contributed by atoms with Crippen molar-refractivity contribution in [3.8, 4) is 0 Å². The Labute approximate surface area is 120 Å². The van der Waals surface area contributed by atoms with E-state index in [0.29, 0.717) is 11.0 Å². The van der Waals surface area contributed by atoms with Crippen LogP contribution in [0.4, 0.5) is 0 Å². The zero-order chi connectivity index (χ0) is 14.1. The molecule has 2 N–H and O–H groups in total. The lowest BCUT2D eigenvalue weighted by atomic mass is 9.63. The molecule has 1 saturated heterocycles. The summed E-state index contributed by atoms with van der Waals surface area (Å²) < 4.78 is 0. The molecule has 0 spiro atoms. The third-order valence-electron chi connectivity index (χ3n) is 6.01. The summed E-state index contributed by atoms with van der Waals surface area (Å²) >= 11 is 0. The number of likely N-dealkylation sites (tertiary alicyclic amines) is 1. The fraction of sp³-hybridized carbons (Fsp3) is 1.00. The molecule has 1 saturated carbocycles. The normalized spacial score (nSPS) is 40.9. The van der Waals surface area contributed by atoms with Crippen LogP contribution in [0.3, 0.4) is 0 Å². The van der Waals surface area contributed by atoms with Gasteiger partial charge in [0, 0.05) is 12.1 Å². The first-order chi connectivity index (χ1) is 8.89. The summed E-state index contributed by atoms with van der Waals surface area (Å²) in [5.41, 5.74) is 7.09. The second-order valence-corrected chi connectivity index (χ2v) is 8.10. The van der Waals surface area contributed by atoms with E-state index >= 15 is 0 Å². The summed E-state index contributed by atoms with van der Waals surface area (Å²) in [7, 11) is 0. The lowest BCUT2D eigenvalue weighted by Crippen LogP contribution is -2.61. The molecule has 2 heteroatoms. The Kier molecular flexibility index (Phi) is 4.62. The van der Waals surface area contributed by atoms with Crippen molar-refractivity contribution >= 4 is 0 Å². The maximum absolute atomic E-state index is 6.29. The average Bonchev–Trinajstić information content (AvgIpc) is 2.55. The molecule has 0 amide bonds. The van der Waals surface area contributed by atoms with Gasteiger partial charge in [0.25, 0.3) is 0 Å². The van der Waals surface area contributed by atoms with Crippen LogP contribution in [-0.4, -0.2) is 30.1 Å². The fourth-order valence-electron chi connectivity index (χ4n) is 4.53. The van der Waals surface area contributed by atoms with Crippen LogP contribution in [0.25, 0.3) is 0 Å². The van der Waals surface area contributed by atoms with Crippen molar-refractivity contribution in [3.63, 3.8) is 0 Å². The molecule has 3 atom stereocenters. The van der Waals surface area contributed by atoms with Crippen molar-refractivity contribution < 1.29 is 0 Å². The highest BCUT2D eigenvalue weighted by atomic mass is 15.2. The molecule has 0 aromatic rings. The molecule has 3 unspecified atom stereocenters. The maximum Gasteiger partial charge on any atom is 0.0357 e. The molecule has 19 heavy (non-hydrogen) atoms. The SMILES string of the molecule is CC1CCCN(C2(CN)CCC(C)(C)CC2C)CC1. The van der Waals surface area contributed by atoms with Gasteiger partial charge in [-0.1, -0.05) is 27.7 Å². The summed E-state index contributed by atoms with van der Waals surface area (Å²) in [6.07, 6.45) is 8.08. The molecule has 2 fully saturated rings. The average molecular weight is 266 g/mol. The van der Waals surface area contributed by atoms with E-state index in [1.807, 2.05) is 0 Å². The van der Waals surface area contributed by atoms with E-state index < -0.39 is 0 Å². The van der Waals surface area contributed by atoms with Crippen molar-refractivity contribution in [1.29, 1.82) is 0 Å². The minimum absolute atomic E-state index is 0.291. The smallest absolute Gasteiger partial charge is 0.0357 e. The largest absolute Gasteiger partial charge is 0.329 e. The van der Waals surface area contributed by atoms with Crippen molar-refractivity contribution in [2.24, 2.45) is 23.0 Å². The van der Waals surface area contributed by atoms with Gasteiger partial charge in [-0.15, -0.1) is 0 Å². The highest BCUT2D eigenvalue weighted by Crippen LogP contribution is 2.46. The Bertz CT molecular complexity index is 300. The number of nitrogens with zero attached hydrogens (tertiary/aromatic N) is 1. The standard InChI is InChI=1S/C17H34N2/c1-14-6-5-10-19(11-7-14)17(13-18)9-8-16(3,4)12-15(17)2/h14-15H,5-13,18H2,1-4H3. The van der Waals surface area contributed by atoms with Crippen LogP contribution < -0.4 is 5.73 Å². The minimum atomic E-state index is 0.291. The van der Waals surface area contributed by atoms with Crippen LogP contribution in [-0.2, 0) is 0 Å². The third-order valence-corrected chi connectivity index (χ3v) is 6.01. The highest BCUT2D eigenvalue weighted by Gasteiger charge is 2.46. The Morgan fingerprint density at radius 3 is 2.47 bits per heavy atom. The first kappa shape index (κ1) is 15.3. The van der Waals surface area contributed by atoms with Gasteiger partial charge in [-0.3, -0.25) is 4.90 Å². The lowest BCUT2D eigenvalue weighted by Gasteiger charge is -2.54. The number of hydrogen-bond acceptors (Lipinski definition) is 2. The second kappa shape index (κ2) is 5.73. The Balaban J connectivity index is 2.13. The van der Waals surface area contributed by atoms with Gasteiger partial charge in [0.15, 0.2) is 0 Å². The van der Waals surface area contributed by atoms with Crippen molar-refractivity contribution in [2.45, 2.75) is 71.8 Å². The van der Waals surface area contributed by atoms with E-state index in [0.717, 1.165) is 18.4 Å². The van der Waals surface area contributed by atoms with Crippen LogP contribution in [0.15, 0.2) is 0 Å². The predicted molar refractivity (Wildman–Crippen MR) is 83.2 cm³/mol. The van der Waals surface area contributed by atoms with Crippen LogP contribution in [0.1, 0.15) is 66.2 Å². The van der Waals surface area contributed by atoms with Gasteiger partial charge in [-0.2, -0.15) is 0 Å². The van der Waals surface area contributed by atoms with E-state index in [1.165, 1.54) is 51.6 Å². The molecule has 1 aliphatic heterocycles. The van der Waals surface area contributed by atoms with Gasteiger partial charge >= 0.3 is 0 Å². The van der Waals surface area contributed by atoms with Crippen LogP contribution in [0.5, 0.6) is 0 Å². The predicted octanol–water partition coefficient (Wildman–Crippen LogP) is 3.65. The molecule has 0 aromatic carbocycles. The summed E-state index contributed by atoms with van der Waals surface area (Å²) in [4.78, 5) is 2.77. The van der Waals surface area contributed by atoms with E-state index in [4.69, 9.17) is 5.73 Å². The molecule has 0 radical (unpaired) electrons. The topological polar surface area (TPSA) is 29.3 Å². The van der Waals surface area contributed by atoms with E-state index in [9.17, 15) is 0 Å². The van der Waals surface area contributed by atoms with Crippen molar-refractivity contribution in [1.82, 2.24) is 4.90 Å². The molecule has 2 nitrogen and oxygen atoms in total. The van der Waals surface area contributed by atoms with Crippen molar-refractivity contribution in [3.05, 3.63) is 0 Å². The van der Waals surface area contributed by atoms with Crippen LogP contribution >= 0.6 is 0 Å². The summed E-state index contributed by atoms with van der Waals surface area (Å²) in [6.45, 7) is 13.1. The van der Waals surface area contributed by atoms with Gasteiger partial charge in [0.05, 0.1) is 0 Å². The van der Waals surface area contributed by atoms with Gasteiger partial charge in [-0.05, 0) is 68.9 Å². The van der Waals surface area contributed by atoms with Gasteiger partial charge in [0.1, 0.15) is 0 Å². The van der Waals surface area contributed by atoms with E-state index in [1.54, 1.807) is 0 Å². The van der Waals surface area contributed by atoms with E-state index in [-0.39, 0.29) is 0 Å². The molecular formula is C17H34N2. The first-order valence-corrected chi connectivity index (χ1v) is 8.35. The quantitative estimate of drug-likeness (QED) is 0.826. The summed E-state index contributed by atoms with van der Waals surface area (Å²) in [6, 6.07) is 0. The van der Waals surface area contributed by atoms with Gasteiger partial charge in [0.2, 0.25) is 0 Å². The Hall–Kier alpha value is -0.0800. The van der Waals surface area contributed by atoms with Gasteiger partial charge in [-0.25, -0.2) is 0 Å². The second-order valence-electron chi connectivity index (χ2n) is 8.10. The Morgan fingerprint density at radius 1 is 1.11 bits per heavy atom. The van der Waals surface area contributed by atoms with E-state index in [2.05, 4.69) is 32.6 Å². The number of nitrogens with two attached hydrogens (primary N) is 1. The van der Waals surface area contributed by atoms with Crippen molar-refractivity contribution in [2.75, 3.05) is 19.6 Å². The molecule has 0 aromatic heterocycles. The molecule has 2 rings (SSSR count). The third kappa shape index (κ3) is 3.16.